The maximum absolute atomic E-state index is 9.67. The summed E-state index contributed by atoms with van der Waals surface area (Å²) in [7, 11) is 1.98. The predicted octanol–water partition coefficient (Wildman–Crippen LogP) is 0.0692. The van der Waals surface area contributed by atoms with Crippen molar-refractivity contribution in [2.24, 2.45) is 5.92 Å². The summed E-state index contributed by atoms with van der Waals surface area (Å²) in [6.45, 7) is 4.99. The lowest BCUT2D eigenvalue weighted by Crippen LogP contribution is -2.57. The topological polar surface area (TPSA) is 44.7 Å². The molecule has 1 unspecified atom stereocenters. The first-order valence-electron chi connectivity index (χ1n) is 6.40. The van der Waals surface area contributed by atoms with Gasteiger partial charge in [0.05, 0.1) is 18.8 Å². The molecular weight excluding hydrogens is 204 g/mol. The Morgan fingerprint density at radius 3 is 2.81 bits per heavy atom. The van der Waals surface area contributed by atoms with Crippen LogP contribution < -0.4 is 5.32 Å². The lowest BCUT2D eigenvalue weighted by Gasteiger charge is -2.36. The Morgan fingerprint density at radius 2 is 2.19 bits per heavy atom. The van der Waals surface area contributed by atoms with Crippen LogP contribution in [0.25, 0.3) is 0 Å². The highest BCUT2D eigenvalue weighted by Gasteiger charge is 2.44. The van der Waals surface area contributed by atoms with Gasteiger partial charge in [0.15, 0.2) is 0 Å². The van der Waals surface area contributed by atoms with E-state index >= 15 is 0 Å². The summed E-state index contributed by atoms with van der Waals surface area (Å²) in [5, 5.41) is 13.0. The molecular formula is C12H24N2O2. The molecule has 0 radical (unpaired) electrons. The second-order valence-electron chi connectivity index (χ2n) is 5.08. The molecule has 2 rings (SSSR count). The van der Waals surface area contributed by atoms with Crippen LogP contribution in [0.2, 0.25) is 0 Å². The van der Waals surface area contributed by atoms with E-state index in [1.54, 1.807) is 0 Å². The highest BCUT2D eigenvalue weighted by Crippen LogP contribution is 2.39. The smallest absolute Gasteiger partial charge is 0.0628 e. The van der Waals surface area contributed by atoms with E-state index in [1.165, 1.54) is 12.8 Å². The fraction of sp³-hybridized carbons (Fsp3) is 1.00. The summed E-state index contributed by atoms with van der Waals surface area (Å²) in [4.78, 5) is 2.43. The van der Waals surface area contributed by atoms with Crippen molar-refractivity contribution in [3.63, 3.8) is 0 Å². The van der Waals surface area contributed by atoms with Crippen LogP contribution in [-0.2, 0) is 4.74 Å². The quantitative estimate of drug-likeness (QED) is 0.699. The van der Waals surface area contributed by atoms with E-state index in [1.807, 2.05) is 7.05 Å². The molecule has 0 spiro atoms. The van der Waals surface area contributed by atoms with Crippen LogP contribution in [0.1, 0.15) is 19.3 Å². The zero-order valence-electron chi connectivity index (χ0n) is 10.2. The van der Waals surface area contributed by atoms with Gasteiger partial charge >= 0.3 is 0 Å². The molecule has 94 valence electrons. The zero-order chi connectivity index (χ0) is 11.4. The summed E-state index contributed by atoms with van der Waals surface area (Å²) >= 11 is 0. The first-order chi connectivity index (χ1) is 7.80. The van der Waals surface area contributed by atoms with Crippen LogP contribution in [0, 0.1) is 5.92 Å². The minimum atomic E-state index is -0.0790. The average Bonchev–Trinajstić information content (AvgIpc) is 3.13. The van der Waals surface area contributed by atoms with Gasteiger partial charge in [0.25, 0.3) is 0 Å². The van der Waals surface area contributed by atoms with E-state index in [-0.39, 0.29) is 12.1 Å². The summed E-state index contributed by atoms with van der Waals surface area (Å²) in [5.74, 6) is 0.659. The normalized spacial score (nSPS) is 27.4. The van der Waals surface area contributed by atoms with Crippen LogP contribution >= 0.6 is 0 Å². The van der Waals surface area contributed by atoms with Gasteiger partial charge in [0.2, 0.25) is 0 Å². The van der Waals surface area contributed by atoms with Gasteiger partial charge in [-0.2, -0.15) is 0 Å². The van der Waals surface area contributed by atoms with Gasteiger partial charge < -0.3 is 15.2 Å². The number of nitrogens with one attached hydrogen (secondary N) is 1. The summed E-state index contributed by atoms with van der Waals surface area (Å²) in [5.41, 5.74) is -0.0790. The minimum absolute atomic E-state index is 0.0790. The van der Waals surface area contributed by atoms with Crippen LogP contribution in [-0.4, -0.2) is 62.0 Å². The lowest BCUT2D eigenvalue weighted by molar-refractivity contribution is 0.0908. The first kappa shape index (κ1) is 12.3. The molecule has 1 saturated heterocycles. The van der Waals surface area contributed by atoms with Crippen molar-refractivity contribution in [1.82, 2.24) is 10.2 Å². The molecule has 2 fully saturated rings. The van der Waals surface area contributed by atoms with Crippen molar-refractivity contribution >= 4 is 0 Å². The fourth-order valence-corrected chi connectivity index (χ4v) is 2.66. The van der Waals surface area contributed by atoms with E-state index < -0.39 is 0 Å². The fourth-order valence-electron chi connectivity index (χ4n) is 2.66. The third-order valence-electron chi connectivity index (χ3n) is 3.96. The van der Waals surface area contributed by atoms with Crippen LogP contribution in [0.5, 0.6) is 0 Å². The molecule has 2 N–H and O–H groups in total. The first-order valence-corrected chi connectivity index (χ1v) is 6.40. The number of aliphatic hydroxyl groups excluding tert-OH is 1. The van der Waals surface area contributed by atoms with E-state index in [0.717, 1.165) is 39.3 Å². The summed E-state index contributed by atoms with van der Waals surface area (Å²) in [6.07, 6.45) is 3.62. The molecule has 16 heavy (non-hydrogen) atoms. The summed E-state index contributed by atoms with van der Waals surface area (Å²) < 4.78 is 5.46. The van der Waals surface area contributed by atoms with Crippen molar-refractivity contribution < 1.29 is 9.84 Å². The van der Waals surface area contributed by atoms with Crippen molar-refractivity contribution in [1.29, 1.82) is 0 Å². The van der Waals surface area contributed by atoms with Crippen LogP contribution in [0.15, 0.2) is 0 Å². The minimum Gasteiger partial charge on any atom is -0.394 e. The van der Waals surface area contributed by atoms with Crippen molar-refractivity contribution in [2.45, 2.75) is 24.8 Å². The lowest BCUT2D eigenvalue weighted by atomic mass is 9.93. The number of ether oxygens (including phenoxy) is 1. The number of nitrogens with zero attached hydrogens (tertiary/aromatic N) is 1. The molecule has 4 nitrogen and oxygen atoms in total. The third kappa shape index (κ3) is 2.74. The molecule has 1 aliphatic heterocycles. The maximum atomic E-state index is 9.67. The molecule has 0 amide bonds. The molecule has 1 atom stereocenters. The highest BCUT2D eigenvalue weighted by molar-refractivity contribution is 5.02. The molecule has 1 aliphatic carbocycles. The summed E-state index contributed by atoms with van der Waals surface area (Å²) in [6, 6.07) is 0. The maximum Gasteiger partial charge on any atom is 0.0628 e. The Labute approximate surface area is 98.0 Å². The van der Waals surface area contributed by atoms with Gasteiger partial charge in [-0.3, -0.25) is 4.90 Å². The van der Waals surface area contributed by atoms with Crippen molar-refractivity contribution in [2.75, 3.05) is 46.5 Å². The Balaban J connectivity index is 1.92. The van der Waals surface area contributed by atoms with Crippen LogP contribution in [0.3, 0.4) is 0 Å². The van der Waals surface area contributed by atoms with E-state index in [9.17, 15) is 5.11 Å². The Bertz CT molecular complexity index is 207. The standard InChI is InChI=1S/C12H24N2O2/c1-13-12(10-15,11-3-4-11)9-14-5-2-7-16-8-6-14/h11,13,15H,2-10H2,1H3. The van der Waals surface area contributed by atoms with Crippen molar-refractivity contribution in [3.05, 3.63) is 0 Å². The van der Waals surface area contributed by atoms with Gasteiger partial charge in [0, 0.05) is 26.2 Å². The molecule has 4 heteroatoms. The van der Waals surface area contributed by atoms with Crippen LogP contribution in [0.4, 0.5) is 0 Å². The Morgan fingerprint density at radius 1 is 1.38 bits per heavy atom. The molecule has 0 aromatic rings. The second kappa shape index (κ2) is 5.45. The van der Waals surface area contributed by atoms with Crippen molar-refractivity contribution in [3.8, 4) is 0 Å². The number of likely N-dealkylation sites (N-methyl/N-ethyl adjacent to an activating group) is 1. The van der Waals surface area contributed by atoms with Gasteiger partial charge in [-0.15, -0.1) is 0 Å². The van der Waals surface area contributed by atoms with E-state index in [2.05, 4.69) is 10.2 Å². The number of rotatable bonds is 5. The largest absolute Gasteiger partial charge is 0.394 e. The number of hydrogen-bond acceptors (Lipinski definition) is 4. The predicted molar refractivity (Wildman–Crippen MR) is 63.5 cm³/mol. The highest BCUT2D eigenvalue weighted by atomic mass is 16.5. The molecule has 1 saturated carbocycles. The van der Waals surface area contributed by atoms with E-state index in [4.69, 9.17) is 4.74 Å². The molecule has 0 bridgehead atoms. The molecule has 0 aromatic carbocycles. The number of hydrogen-bond donors (Lipinski definition) is 2. The van der Waals surface area contributed by atoms with E-state index in [0.29, 0.717) is 5.92 Å². The average molecular weight is 228 g/mol. The third-order valence-corrected chi connectivity index (χ3v) is 3.96. The zero-order valence-corrected chi connectivity index (χ0v) is 10.2. The molecule has 2 aliphatic rings. The molecule has 1 heterocycles. The Kier molecular flexibility index (Phi) is 4.19. The second-order valence-corrected chi connectivity index (χ2v) is 5.08. The monoisotopic (exact) mass is 228 g/mol. The van der Waals surface area contributed by atoms with Gasteiger partial charge in [0.1, 0.15) is 0 Å². The van der Waals surface area contributed by atoms with Gasteiger partial charge in [-0.05, 0) is 32.2 Å². The SMILES string of the molecule is CNC(CO)(CN1CCCOCC1)C1CC1. The number of aliphatic hydroxyl groups is 1. The Hall–Kier alpha value is -0.160. The van der Waals surface area contributed by atoms with Gasteiger partial charge in [-0.1, -0.05) is 0 Å². The molecule has 0 aromatic heterocycles. The van der Waals surface area contributed by atoms with Gasteiger partial charge in [-0.25, -0.2) is 0 Å².